The van der Waals surface area contributed by atoms with Gasteiger partial charge in [0, 0.05) is 52.4 Å². The number of hydrogen-bond acceptors (Lipinski definition) is 12. The molecule has 8 fully saturated rings. The molecular weight excluding hydrogens is 616 g/mol. The summed E-state index contributed by atoms with van der Waals surface area (Å²) in [5.74, 6) is 0. The Kier molecular flexibility index (Phi) is 7.91. The third kappa shape index (κ3) is 7.87. The number of hydrogen-bond donors (Lipinski definition) is 0. The van der Waals surface area contributed by atoms with E-state index in [0.29, 0.717) is 0 Å². The van der Waals surface area contributed by atoms with Crippen molar-refractivity contribution in [1.82, 2.24) is 0 Å². The van der Waals surface area contributed by atoms with E-state index in [1.165, 1.54) is 33.9 Å². The fourth-order valence-corrected chi connectivity index (χ4v) is 6.89. The molecule has 12 heteroatoms. The number of ether oxygens (including phenoxy) is 8. The average Bonchev–Trinajstić information content (AvgIpc) is 3.90. The molecule has 258 valence electrons. The zero-order chi connectivity index (χ0) is 31.6. The summed E-state index contributed by atoms with van der Waals surface area (Å²) in [6.07, 6.45) is 2.16. The molecule has 0 amide bonds. The van der Waals surface area contributed by atoms with Crippen LogP contribution in [0, 0.1) is 0 Å². The Labute approximate surface area is 281 Å². The lowest BCUT2D eigenvalue weighted by molar-refractivity contribution is 0.386. The van der Waals surface area contributed by atoms with E-state index >= 15 is 0 Å². The first-order valence-corrected chi connectivity index (χ1v) is 17.9. The van der Waals surface area contributed by atoms with E-state index in [9.17, 15) is 0 Å². The first kappa shape index (κ1) is 30.2. The second-order valence-corrected chi connectivity index (χ2v) is 14.7. The van der Waals surface area contributed by atoms with Gasteiger partial charge in [0.2, 0.25) is 0 Å². The largest absolute Gasteiger partial charge is 0.371 e. The smallest absolute Gasteiger partial charge is 0.0984 e. The van der Waals surface area contributed by atoms with Crippen molar-refractivity contribution >= 4 is 22.7 Å². The van der Waals surface area contributed by atoms with Gasteiger partial charge in [-0.1, -0.05) is 12.1 Å². The molecule has 8 atom stereocenters. The predicted octanol–water partition coefficient (Wildman–Crippen LogP) is 1.77. The van der Waals surface area contributed by atoms with E-state index in [4.69, 9.17) is 37.9 Å². The minimum atomic E-state index is 0.262. The SMILES string of the molecule is c1cc(N(CC2CO2)CC2CO2)c(N(CC2CO2)CC2CO2)cc1-c1ccc(N(CC2CO2)CC2CO2)c(N(CC2CO2)CC2CO2)c1. The van der Waals surface area contributed by atoms with Gasteiger partial charge in [0.25, 0.3) is 0 Å². The second kappa shape index (κ2) is 12.6. The van der Waals surface area contributed by atoms with Gasteiger partial charge >= 0.3 is 0 Å². The van der Waals surface area contributed by atoms with Crippen molar-refractivity contribution in [2.45, 2.75) is 48.8 Å². The van der Waals surface area contributed by atoms with Crippen LogP contribution in [0.2, 0.25) is 0 Å². The Morgan fingerprint density at radius 1 is 0.333 bits per heavy atom. The van der Waals surface area contributed by atoms with Crippen LogP contribution in [0.4, 0.5) is 22.7 Å². The topological polar surface area (TPSA) is 113 Å². The molecule has 48 heavy (non-hydrogen) atoms. The molecule has 8 heterocycles. The van der Waals surface area contributed by atoms with E-state index in [-0.39, 0.29) is 48.8 Å². The van der Waals surface area contributed by atoms with Crippen molar-refractivity contribution in [2.75, 3.05) is 125 Å². The Morgan fingerprint density at radius 3 is 0.750 bits per heavy atom. The number of epoxide rings is 8. The summed E-state index contributed by atoms with van der Waals surface area (Å²) in [6, 6.07) is 14.0. The predicted molar refractivity (Wildman–Crippen MR) is 179 cm³/mol. The minimum Gasteiger partial charge on any atom is -0.371 e. The maximum absolute atomic E-state index is 5.76. The summed E-state index contributed by atoms with van der Waals surface area (Å²) >= 11 is 0. The molecule has 0 aliphatic carbocycles. The lowest BCUT2D eigenvalue weighted by Crippen LogP contribution is -2.36. The number of nitrogens with zero attached hydrogens (tertiary/aromatic N) is 4. The van der Waals surface area contributed by atoms with Crippen LogP contribution in [0.15, 0.2) is 36.4 Å². The average molecular weight is 663 g/mol. The van der Waals surface area contributed by atoms with E-state index < -0.39 is 0 Å². The monoisotopic (exact) mass is 662 g/mol. The molecule has 12 nitrogen and oxygen atoms in total. The third-order valence-electron chi connectivity index (χ3n) is 10.3. The maximum Gasteiger partial charge on any atom is 0.0984 e. The molecule has 8 aliphatic heterocycles. The minimum absolute atomic E-state index is 0.262. The van der Waals surface area contributed by atoms with Gasteiger partial charge < -0.3 is 57.5 Å². The van der Waals surface area contributed by atoms with Gasteiger partial charge in [0.05, 0.1) is 124 Å². The molecule has 0 bridgehead atoms. The summed E-state index contributed by atoms with van der Waals surface area (Å²) in [6.45, 7) is 13.4. The van der Waals surface area contributed by atoms with Crippen LogP contribution >= 0.6 is 0 Å². The molecule has 8 saturated heterocycles. The molecule has 2 aromatic rings. The van der Waals surface area contributed by atoms with Crippen LogP contribution in [0.1, 0.15) is 0 Å². The van der Waals surface area contributed by atoms with Crippen molar-refractivity contribution in [3.63, 3.8) is 0 Å². The van der Waals surface area contributed by atoms with Crippen LogP contribution in [-0.2, 0) is 37.9 Å². The quantitative estimate of drug-likeness (QED) is 0.182. The van der Waals surface area contributed by atoms with Crippen LogP contribution < -0.4 is 19.6 Å². The van der Waals surface area contributed by atoms with Gasteiger partial charge in [-0.25, -0.2) is 0 Å². The van der Waals surface area contributed by atoms with E-state index in [0.717, 1.165) is 105 Å². The van der Waals surface area contributed by atoms with Crippen LogP contribution in [-0.4, -0.2) is 154 Å². The van der Waals surface area contributed by atoms with Crippen molar-refractivity contribution in [3.8, 4) is 11.1 Å². The van der Waals surface area contributed by atoms with E-state index in [2.05, 4.69) is 56.0 Å². The summed E-state index contributed by atoms with van der Waals surface area (Å²) in [4.78, 5) is 9.93. The Morgan fingerprint density at radius 2 is 0.542 bits per heavy atom. The molecule has 0 radical (unpaired) electrons. The molecule has 8 unspecified atom stereocenters. The van der Waals surface area contributed by atoms with Gasteiger partial charge in [0.15, 0.2) is 0 Å². The molecule has 10 rings (SSSR count). The summed E-state index contributed by atoms with van der Waals surface area (Å²) < 4.78 is 45.9. The highest BCUT2D eigenvalue weighted by molar-refractivity contribution is 5.84. The van der Waals surface area contributed by atoms with Crippen LogP contribution in [0.5, 0.6) is 0 Å². The Bertz CT molecular complexity index is 1300. The van der Waals surface area contributed by atoms with E-state index in [1.807, 2.05) is 0 Å². The summed E-state index contributed by atoms with van der Waals surface area (Å²) in [5, 5.41) is 0. The second-order valence-electron chi connectivity index (χ2n) is 14.7. The van der Waals surface area contributed by atoms with Crippen molar-refractivity contribution in [1.29, 1.82) is 0 Å². The van der Waals surface area contributed by atoms with E-state index in [1.54, 1.807) is 0 Å². The molecule has 8 aliphatic rings. The van der Waals surface area contributed by atoms with Gasteiger partial charge in [-0.15, -0.1) is 0 Å². The van der Waals surface area contributed by atoms with Crippen molar-refractivity contribution < 1.29 is 37.9 Å². The highest BCUT2D eigenvalue weighted by atomic mass is 16.6. The summed E-state index contributed by atoms with van der Waals surface area (Å²) in [5.41, 5.74) is 7.27. The van der Waals surface area contributed by atoms with Crippen LogP contribution in [0.25, 0.3) is 11.1 Å². The fraction of sp³-hybridized carbons (Fsp3) is 0.667. The molecule has 0 spiro atoms. The molecule has 0 N–H and O–H groups in total. The first-order chi connectivity index (χ1) is 23.7. The Balaban J connectivity index is 1.03. The third-order valence-corrected chi connectivity index (χ3v) is 10.3. The fourth-order valence-electron chi connectivity index (χ4n) is 6.89. The molecular formula is C36H46N4O8. The van der Waals surface area contributed by atoms with Crippen molar-refractivity contribution in [3.05, 3.63) is 36.4 Å². The normalized spacial score (nSPS) is 32.8. The molecule has 0 saturated carbocycles. The van der Waals surface area contributed by atoms with Gasteiger partial charge in [0.1, 0.15) is 0 Å². The van der Waals surface area contributed by atoms with Crippen molar-refractivity contribution in [2.24, 2.45) is 0 Å². The molecule has 2 aromatic carbocycles. The number of rotatable bonds is 21. The summed E-state index contributed by atoms with van der Waals surface area (Å²) in [7, 11) is 0. The standard InChI is InChI=1S/C36H46N4O8/c1-3-33(37(7-25-15-41-25)8-26-16-42-26)35(39(11-29-19-45-29)12-30-20-46-30)5-23(1)24-2-4-34(38(9-27-17-43-27)10-28-18-44-28)36(6-24)40(13-31-21-47-31)14-32-22-48-32/h1-6,25-32H,7-22H2. The number of benzene rings is 2. The van der Waals surface area contributed by atoms with Crippen LogP contribution in [0.3, 0.4) is 0 Å². The molecule has 0 aromatic heterocycles. The number of anilines is 4. The Hall–Kier alpha value is -2.68. The highest BCUT2D eigenvalue weighted by Crippen LogP contribution is 2.41. The van der Waals surface area contributed by atoms with Gasteiger partial charge in [-0.2, -0.15) is 0 Å². The zero-order valence-electron chi connectivity index (χ0n) is 27.5. The first-order valence-electron chi connectivity index (χ1n) is 17.9. The van der Waals surface area contributed by atoms with Gasteiger partial charge in [-0.05, 0) is 35.4 Å². The lowest BCUT2D eigenvalue weighted by Gasteiger charge is -2.33. The van der Waals surface area contributed by atoms with Gasteiger partial charge in [-0.3, -0.25) is 0 Å². The lowest BCUT2D eigenvalue weighted by atomic mass is 10.0. The highest BCUT2D eigenvalue weighted by Gasteiger charge is 2.38. The maximum atomic E-state index is 5.76. The zero-order valence-corrected chi connectivity index (χ0v) is 27.5.